The first kappa shape index (κ1) is 10.6. The minimum absolute atomic E-state index is 0.109. The Kier molecular flexibility index (Phi) is 3.16. The molecule has 0 aliphatic heterocycles. The summed E-state index contributed by atoms with van der Waals surface area (Å²) in [6, 6.07) is 3.84. The van der Waals surface area contributed by atoms with Gasteiger partial charge in [0.15, 0.2) is 0 Å². The molecule has 2 atom stereocenters. The summed E-state index contributed by atoms with van der Waals surface area (Å²) in [4.78, 5) is 10.4. The minimum Gasteiger partial charge on any atom is -0.480 e. The number of rotatable bonds is 3. The number of halogens is 1. The van der Waals surface area contributed by atoms with Gasteiger partial charge in [0.05, 0.1) is 0 Å². The van der Waals surface area contributed by atoms with Crippen LogP contribution in [0, 0.1) is 5.82 Å². The topological polar surface area (TPSA) is 83.6 Å². The maximum absolute atomic E-state index is 13.1. The van der Waals surface area contributed by atoms with Crippen molar-refractivity contribution < 1.29 is 19.4 Å². The highest BCUT2D eigenvalue weighted by Crippen LogP contribution is 2.18. The van der Waals surface area contributed by atoms with E-state index < -0.39 is 23.9 Å². The van der Waals surface area contributed by atoms with Crippen LogP contribution in [0.2, 0.25) is 0 Å². The largest absolute Gasteiger partial charge is 0.480 e. The van der Waals surface area contributed by atoms with Crippen molar-refractivity contribution in [1.82, 2.24) is 0 Å². The van der Waals surface area contributed by atoms with Crippen LogP contribution in [0.3, 0.4) is 0 Å². The van der Waals surface area contributed by atoms with Gasteiger partial charge in [-0.2, -0.15) is 0 Å². The number of aliphatic hydroxyl groups excluding tert-OH is 1. The fourth-order valence-electron chi connectivity index (χ4n) is 1.04. The SMILES string of the molecule is N[C@H](C(=O)O)[C@H](O)c1ccccc1F. The predicted octanol–water partition coefficient (Wildman–Crippen LogP) is 0.271. The van der Waals surface area contributed by atoms with Gasteiger partial charge in [0.1, 0.15) is 18.0 Å². The zero-order valence-electron chi connectivity index (χ0n) is 7.22. The quantitative estimate of drug-likeness (QED) is 0.652. The molecule has 4 N–H and O–H groups in total. The van der Waals surface area contributed by atoms with Crippen molar-refractivity contribution >= 4 is 5.97 Å². The Morgan fingerprint density at radius 1 is 1.43 bits per heavy atom. The Morgan fingerprint density at radius 3 is 2.50 bits per heavy atom. The summed E-state index contributed by atoms with van der Waals surface area (Å²) in [5, 5.41) is 17.9. The lowest BCUT2D eigenvalue weighted by Gasteiger charge is -2.15. The van der Waals surface area contributed by atoms with Crippen molar-refractivity contribution in [3.05, 3.63) is 35.6 Å². The summed E-state index contributed by atoms with van der Waals surface area (Å²) in [5.41, 5.74) is 5.04. The molecule has 0 saturated heterocycles. The van der Waals surface area contributed by atoms with Crippen molar-refractivity contribution in [2.24, 2.45) is 5.73 Å². The standard InChI is InChI=1S/C9H10FNO3/c10-6-4-2-1-3-5(6)8(12)7(11)9(13)14/h1-4,7-8,12H,11H2,(H,13,14)/t7-,8+/m0/s1. The number of aliphatic carboxylic acids is 1. The highest BCUT2D eigenvalue weighted by atomic mass is 19.1. The third-order valence-corrected chi connectivity index (χ3v) is 1.85. The molecule has 0 unspecified atom stereocenters. The monoisotopic (exact) mass is 199 g/mol. The molecule has 14 heavy (non-hydrogen) atoms. The first-order valence-corrected chi connectivity index (χ1v) is 3.95. The molecule has 1 aromatic rings. The fraction of sp³-hybridized carbons (Fsp3) is 0.222. The average Bonchev–Trinajstić information content (AvgIpc) is 2.16. The van der Waals surface area contributed by atoms with Crippen molar-refractivity contribution in [3.8, 4) is 0 Å². The van der Waals surface area contributed by atoms with E-state index >= 15 is 0 Å². The van der Waals surface area contributed by atoms with E-state index in [0.29, 0.717) is 0 Å². The van der Waals surface area contributed by atoms with Crippen molar-refractivity contribution in [3.63, 3.8) is 0 Å². The molecule has 0 aliphatic carbocycles. The van der Waals surface area contributed by atoms with Gasteiger partial charge in [0.2, 0.25) is 0 Å². The fourth-order valence-corrected chi connectivity index (χ4v) is 1.04. The summed E-state index contributed by atoms with van der Waals surface area (Å²) in [7, 11) is 0. The lowest BCUT2D eigenvalue weighted by Crippen LogP contribution is -2.36. The molecular formula is C9H10FNO3. The normalized spacial score (nSPS) is 14.8. The minimum atomic E-state index is -1.53. The van der Waals surface area contributed by atoms with E-state index in [-0.39, 0.29) is 5.56 Å². The number of carboxylic acid groups (broad SMARTS) is 1. The highest BCUT2D eigenvalue weighted by Gasteiger charge is 2.25. The van der Waals surface area contributed by atoms with E-state index in [1.165, 1.54) is 18.2 Å². The van der Waals surface area contributed by atoms with Gasteiger partial charge in [0, 0.05) is 5.56 Å². The molecule has 0 spiro atoms. The van der Waals surface area contributed by atoms with Gasteiger partial charge in [0.25, 0.3) is 0 Å². The summed E-state index contributed by atoms with van der Waals surface area (Å²) in [6.45, 7) is 0. The second kappa shape index (κ2) is 4.17. The summed E-state index contributed by atoms with van der Waals surface area (Å²) in [6.07, 6.45) is -1.53. The summed E-state index contributed by atoms with van der Waals surface area (Å²) in [5.74, 6) is -2.04. The number of carboxylic acids is 1. The van der Waals surface area contributed by atoms with Gasteiger partial charge < -0.3 is 15.9 Å². The van der Waals surface area contributed by atoms with E-state index in [1.54, 1.807) is 0 Å². The molecule has 0 amide bonds. The van der Waals surface area contributed by atoms with Gasteiger partial charge >= 0.3 is 5.97 Å². The molecule has 0 saturated carbocycles. The molecule has 4 nitrogen and oxygen atoms in total. The molecule has 0 radical (unpaired) electrons. The zero-order chi connectivity index (χ0) is 10.7. The lowest BCUT2D eigenvalue weighted by atomic mass is 10.0. The van der Waals surface area contributed by atoms with Crippen LogP contribution < -0.4 is 5.73 Å². The predicted molar refractivity (Wildman–Crippen MR) is 47.0 cm³/mol. The maximum Gasteiger partial charge on any atom is 0.323 e. The molecule has 0 aliphatic rings. The number of hydrogen-bond donors (Lipinski definition) is 3. The molecule has 0 heterocycles. The zero-order valence-corrected chi connectivity index (χ0v) is 7.22. The van der Waals surface area contributed by atoms with E-state index in [2.05, 4.69) is 0 Å². The first-order valence-electron chi connectivity index (χ1n) is 3.95. The van der Waals surface area contributed by atoms with Gasteiger partial charge in [-0.1, -0.05) is 18.2 Å². The third kappa shape index (κ3) is 2.07. The molecule has 1 aromatic carbocycles. The van der Waals surface area contributed by atoms with Crippen molar-refractivity contribution in [2.45, 2.75) is 12.1 Å². The summed E-state index contributed by atoms with van der Waals surface area (Å²) < 4.78 is 13.1. The molecule has 76 valence electrons. The van der Waals surface area contributed by atoms with Gasteiger partial charge in [-0.3, -0.25) is 4.79 Å². The molecule has 0 fully saturated rings. The first-order chi connectivity index (χ1) is 6.54. The van der Waals surface area contributed by atoms with Crippen LogP contribution in [0.5, 0.6) is 0 Å². The lowest BCUT2D eigenvalue weighted by molar-refractivity contribution is -0.141. The van der Waals surface area contributed by atoms with Gasteiger partial charge in [-0.25, -0.2) is 4.39 Å². The highest BCUT2D eigenvalue weighted by molar-refractivity contribution is 5.74. The Balaban J connectivity index is 2.94. The van der Waals surface area contributed by atoms with E-state index in [1.807, 2.05) is 0 Å². The number of benzene rings is 1. The summed E-state index contributed by atoms with van der Waals surface area (Å²) >= 11 is 0. The molecule has 5 heteroatoms. The Labute approximate surface area is 79.8 Å². The molecule has 1 rings (SSSR count). The van der Waals surface area contributed by atoms with Crippen molar-refractivity contribution in [2.75, 3.05) is 0 Å². The van der Waals surface area contributed by atoms with Gasteiger partial charge in [-0.15, -0.1) is 0 Å². The smallest absolute Gasteiger partial charge is 0.323 e. The number of carbonyl (C=O) groups is 1. The second-order valence-electron chi connectivity index (χ2n) is 2.83. The number of hydrogen-bond acceptors (Lipinski definition) is 3. The Bertz CT molecular complexity index is 343. The second-order valence-corrected chi connectivity index (χ2v) is 2.83. The van der Waals surface area contributed by atoms with Crippen molar-refractivity contribution in [1.29, 1.82) is 0 Å². The van der Waals surface area contributed by atoms with Crippen LogP contribution in [0.15, 0.2) is 24.3 Å². The van der Waals surface area contributed by atoms with E-state index in [4.69, 9.17) is 10.8 Å². The van der Waals surface area contributed by atoms with Crippen LogP contribution >= 0.6 is 0 Å². The van der Waals surface area contributed by atoms with Gasteiger partial charge in [-0.05, 0) is 6.07 Å². The Morgan fingerprint density at radius 2 is 2.00 bits per heavy atom. The van der Waals surface area contributed by atoms with Crippen LogP contribution in [0.4, 0.5) is 4.39 Å². The molecule has 0 aromatic heterocycles. The average molecular weight is 199 g/mol. The van der Waals surface area contributed by atoms with Crippen LogP contribution in [-0.4, -0.2) is 22.2 Å². The Hall–Kier alpha value is -1.46. The molecular weight excluding hydrogens is 189 g/mol. The van der Waals surface area contributed by atoms with Crippen LogP contribution in [-0.2, 0) is 4.79 Å². The van der Waals surface area contributed by atoms with Crippen LogP contribution in [0.25, 0.3) is 0 Å². The van der Waals surface area contributed by atoms with E-state index in [0.717, 1.165) is 6.07 Å². The number of nitrogens with two attached hydrogens (primary N) is 1. The number of aliphatic hydroxyl groups is 1. The third-order valence-electron chi connectivity index (χ3n) is 1.85. The van der Waals surface area contributed by atoms with E-state index in [9.17, 15) is 14.3 Å². The molecule has 0 bridgehead atoms. The maximum atomic E-state index is 13.1. The van der Waals surface area contributed by atoms with Crippen LogP contribution in [0.1, 0.15) is 11.7 Å².